The van der Waals surface area contributed by atoms with Gasteiger partial charge >= 0.3 is 0 Å². The van der Waals surface area contributed by atoms with Crippen LogP contribution in [0.1, 0.15) is 24.0 Å². The van der Waals surface area contributed by atoms with Gasteiger partial charge in [0.15, 0.2) is 0 Å². The molecule has 0 bridgehead atoms. The average Bonchev–Trinajstić information content (AvgIpc) is 3.17. The zero-order valence-corrected chi connectivity index (χ0v) is 15.2. The van der Waals surface area contributed by atoms with Crippen LogP contribution >= 0.6 is 0 Å². The molecule has 5 rings (SSSR count). The molecule has 5 heteroatoms. The molecular formula is C21H26N4O. The third-order valence-corrected chi connectivity index (χ3v) is 6.09. The Hall–Kier alpha value is -2.11. The third kappa shape index (κ3) is 2.58. The molecule has 1 aromatic carbocycles. The maximum Gasteiger partial charge on any atom is 0.109 e. The van der Waals surface area contributed by atoms with E-state index in [1.807, 2.05) is 6.20 Å². The number of hydrogen-bond acceptors (Lipinski definition) is 4. The number of aromatic nitrogens is 2. The Bertz CT molecular complexity index is 940. The molecule has 0 atom stereocenters. The minimum atomic E-state index is 0.251. The van der Waals surface area contributed by atoms with Gasteiger partial charge in [-0.25, -0.2) is 0 Å². The largest absolute Gasteiger partial charge is 0.395 e. The molecule has 2 aromatic heterocycles. The van der Waals surface area contributed by atoms with Crippen molar-refractivity contribution in [3.05, 3.63) is 35.5 Å². The molecule has 3 heterocycles. The van der Waals surface area contributed by atoms with Crippen LogP contribution in [-0.2, 0) is 12.8 Å². The molecule has 3 aromatic rings. The normalized spacial score (nSPS) is 18.6. The van der Waals surface area contributed by atoms with Crippen molar-refractivity contribution in [2.45, 2.75) is 25.7 Å². The lowest BCUT2D eigenvalue weighted by molar-refractivity contribution is 0.188. The predicted molar refractivity (Wildman–Crippen MR) is 106 cm³/mol. The molecule has 1 aliphatic carbocycles. The monoisotopic (exact) mass is 350 g/mol. The number of aliphatic hydroxyl groups excluding tert-OH is 1. The van der Waals surface area contributed by atoms with Gasteiger partial charge in [0.1, 0.15) is 5.82 Å². The third-order valence-electron chi connectivity index (χ3n) is 6.09. The van der Waals surface area contributed by atoms with E-state index in [2.05, 4.69) is 38.0 Å². The highest BCUT2D eigenvalue weighted by molar-refractivity contribution is 6.08. The van der Waals surface area contributed by atoms with Crippen LogP contribution in [0.2, 0.25) is 0 Å². The molecule has 1 aliphatic heterocycles. The van der Waals surface area contributed by atoms with Gasteiger partial charge in [0.05, 0.1) is 12.1 Å². The Morgan fingerprint density at radius 3 is 2.62 bits per heavy atom. The number of nitrogens with zero attached hydrogens (tertiary/aromatic N) is 3. The summed E-state index contributed by atoms with van der Waals surface area (Å²) in [6.07, 6.45) is 6.81. The lowest BCUT2D eigenvalue weighted by atomic mass is 9.88. The highest BCUT2D eigenvalue weighted by atomic mass is 16.3. The van der Waals surface area contributed by atoms with Crippen LogP contribution < -0.4 is 4.90 Å². The van der Waals surface area contributed by atoms with Crippen molar-refractivity contribution >= 4 is 27.6 Å². The second-order valence-corrected chi connectivity index (χ2v) is 7.56. The molecular weight excluding hydrogens is 324 g/mol. The van der Waals surface area contributed by atoms with Crippen molar-refractivity contribution < 1.29 is 5.11 Å². The maximum absolute atomic E-state index is 9.18. The van der Waals surface area contributed by atoms with Crippen molar-refractivity contribution in [3.8, 4) is 0 Å². The Balaban J connectivity index is 1.61. The molecule has 5 nitrogen and oxygen atoms in total. The van der Waals surface area contributed by atoms with Crippen LogP contribution in [-0.4, -0.2) is 59.3 Å². The van der Waals surface area contributed by atoms with Crippen LogP contribution in [0.25, 0.3) is 21.8 Å². The molecule has 136 valence electrons. The smallest absolute Gasteiger partial charge is 0.109 e. The molecule has 0 unspecified atom stereocenters. The van der Waals surface area contributed by atoms with Crippen molar-refractivity contribution in [2.24, 2.45) is 0 Å². The summed E-state index contributed by atoms with van der Waals surface area (Å²) < 4.78 is 0. The molecule has 0 radical (unpaired) electrons. The quantitative estimate of drug-likeness (QED) is 0.763. The highest BCUT2D eigenvalue weighted by Gasteiger charge is 2.24. The lowest BCUT2D eigenvalue weighted by Gasteiger charge is -2.37. The summed E-state index contributed by atoms with van der Waals surface area (Å²) >= 11 is 0. The van der Waals surface area contributed by atoms with E-state index in [1.54, 1.807) is 0 Å². The van der Waals surface area contributed by atoms with Crippen LogP contribution in [0.5, 0.6) is 0 Å². The van der Waals surface area contributed by atoms with E-state index in [1.165, 1.54) is 58.9 Å². The number of benzene rings is 1. The minimum absolute atomic E-state index is 0.251. The van der Waals surface area contributed by atoms with Gasteiger partial charge in [0.2, 0.25) is 0 Å². The molecule has 2 aliphatic rings. The first kappa shape index (κ1) is 16.1. The Morgan fingerprint density at radius 1 is 1.00 bits per heavy atom. The van der Waals surface area contributed by atoms with E-state index in [0.717, 1.165) is 38.2 Å². The van der Waals surface area contributed by atoms with Gasteiger partial charge in [0.25, 0.3) is 0 Å². The fraction of sp³-hybridized carbons (Fsp3) is 0.476. The Kier molecular flexibility index (Phi) is 4.06. The molecule has 0 saturated carbocycles. The van der Waals surface area contributed by atoms with E-state index >= 15 is 0 Å². The van der Waals surface area contributed by atoms with E-state index < -0.39 is 0 Å². The fourth-order valence-electron chi connectivity index (χ4n) is 4.76. The number of H-pyrrole nitrogens is 1. The minimum Gasteiger partial charge on any atom is -0.395 e. The number of β-amino-alcohol motifs (C(OH)–C–C–N with tert-alkyl or cyclic N) is 1. The first-order chi connectivity index (χ1) is 12.8. The molecule has 2 N–H and O–H groups in total. The molecule has 1 saturated heterocycles. The van der Waals surface area contributed by atoms with Crippen LogP contribution in [0.4, 0.5) is 5.82 Å². The van der Waals surface area contributed by atoms with Gasteiger partial charge in [-0.2, -0.15) is 0 Å². The van der Waals surface area contributed by atoms with E-state index in [-0.39, 0.29) is 6.61 Å². The van der Waals surface area contributed by atoms with Gasteiger partial charge in [-0.3, -0.25) is 9.88 Å². The summed E-state index contributed by atoms with van der Waals surface area (Å²) in [5, 5.41) is 11.9. The summed E-state index contributed by atoms with van der Waals surface area (Å²) in [6, 6.07) is 6.49. The molecule has 26 heavy (non-hydrogen) atoms. The number of hydrogen-bond donors (Lipinski definition) is 2. The summed E-state index contributed by atoms with van der Waals surface area (Å²) in [5.41, 5.74) is 5.40. The van der Waals surface area contributed by atoms with Crippen LogP contribution in [0.15, 0.2) is 24.4 Å². The summed E-state index contributed by atoms with van der Waals surface area (Å²) in [5.74, 6) is 1.33. The second kappa shape index (κ2) is 6.56. The number of rotatable bonds is 3. The van der Waals surface area contributed by atoms with Gasteiger partial charge in [-0.15, -0.1) is 0 Å². The van der Waals surface area contributed by atoms with Gasteiger partial charge in [-0.1, -0.05) is 0 Å². The fourth-order valence-corrected chi connectivity index (χ4v) is 4.76. The number of fused-ring (bicyclic) bond motifs is 5. The number of aliphatic hydroxyl groups is 1. The lowest BCUT2D eigenvalue weighted by Crippen LogP contribution is -2.47. The second-order valence-electron chi connectivity index (χ2n) is 7.56. The van der Waals surface area contributed by atoms with Crippen molar-refractivity contribution in [1.29, 1.82) is 0 Å². The topological polar surface area (TPSA) is 55.4 Å². The van der Waals surface area contributed by atoms with E-state index in [9.17, 15) is 5.11 Å². The maximum atomic E-state index is 9.18. The summed E-state index contributed by atoms with van der Waals surface area (Å²) in [4.78, 5) is 13.2. The Labute approximate surface area is 153 Å². The molecule has 0 spiro atoms. The number of aromatic amines is 1. The Morgan fingerprint density at radius 2 is 1.81 bits per heavy atom. The predicted octanol–water partition coefficient (Wildman–Crippen LogP) is 2.71. The standard InChI is InChI=1S/C21H26N4O/c26-14-13-24-9-11-25(12-10-24)21-16-4-2-1-3-15(16)20-17-7-8-22-18(17)5-6-19(20)23-21/h5-8,23,26H,1-4,9-14H2. The first-order valence-corrected chi connectivity index (χ1v) is 9.84. The van der Waals surface area contributed by atoms with E-state index in [0.29, 0.717) is 0 Å². The molecule has 1 fully saturated rings. The van der Waals surface area contributed by atoms with Crippen LogP contribution in [0.3, 0.4) is 0 Å². The highest BCUT2D eigenvalue weighted by Crippen LogP contribution is 2.37. The van der Waals surface area contributed by atoms with Crippen molar-refractivity contribution in [1.82, 2.24) is 14.9 Å². The molecule has 0 amide bonds. The van der Waals surface area contributed by atoms with Gasteiger partial charge in [-0.05, 0) is 55.0 Å². The van der Waals surface area contributed by atoms with Crippen molar-refractivity contribution in [2.75, 3.05) is 44.2 Å². The van der Waals surface area contributed by atoms with Gasteiger partial charge in [0, 0.05) is 55.2 Å². The zero-order chi connectivity index (χ0) is 17.5. The number of nitrogens with one attached hydrogen (secondary N) is 1. The first-order valence-electron chi connectivity index (χ1n) is 9.84. The summed E-state index contributed by atoms with van der Waals surface area (Å²) in [6.45, 7) is 5.12. The number of pyridine rings is 1. The van der Waals surface area contributed by atoms with Crippen molar-refractivity contribution in [3.63, 3.8) is 0 Å². The number of aryl methyl sites for hydroxylation is 1. The SMILES string of the molecule is OCCN1CCN(c2[nH]c3ccc4nccc4c3c3c2CCCC3)CC1. The number of piperazine rings is 1. The van der Waals surface area contributed by atoms with Crippen LogP contribution in [0, 0.1) is 0 Å². The number of anilines is 1. The van der Waals surface area contributed by atoms with Gasteiger partial charge < -0.3 is 15.0 Å². The zero-order valence-electron chi connectivity index (χ0n) is 15.2. The average molecular weight is 350 g/mol. The summed E-state index contributed by atoms with van der Waals surface area (Å²) in [7, 11) is 0. The van der Waals surface area contributed by atoms with E-state index in [4.69, 9.17) is 0 Å².